The van der Waals surface area contributed by atoms with Gasteiger partial charge in [-0.2, -0.15) is 0 Å². The molecule has 0 radical (unpaired) electrons. The van der Waals surface area contributed by atoms with Crippen LogP contribution < -0.4 is 5.32 Å². The zero-order chi connectivity index (χ0) is 14.6. The van der Waals surface area contributed by atoms with Crippen LogP contribution in [0.3, 0.4) is 0 Å². The predicted octanol–water partition coefficient (Wildman–Crippen LogP) is 2.11. The monoisotopic (exact) mass is 265 g/mol. The third-order valence-electron chi connectivity index (χ3n) is 2.47. The van der Waals surface area contributed by atoms with Crippen molar-refractivity contribution in [3.8, 4) is 0 Å². The quantitative estimate of drug-likeness (QED) is 0.876. The van der Waals surface area contributed by atoms with Crippen molar-refractivity contribution in [2.75, 3.05) is 11.9 Å². The molecule has 1 heterocycles. The summed E-state index contributed by atoms with van der Waals surface area (Å²) in [5, 5.41) is 11.5. The Kier molecular flexibility index (Phi) is 4.47. The SMILES string of the molecule is Cc1cncc(NC(=O)N(CC(=O)O)C(C)(C)C)c1. The molecule has 0 aromatic carbocycles. The van der Waals surface area contributed by atoms with Crippen molar-refractivity contribution in [2.45, 2.75) is 33.2 Å². The Morgan fingerprint density at radius 2 is 2.00 bits per heavy atom. The Balaban J connectivity index is 2.86. The van der Waals surface area contributed by atoms with E-state index in [0.29, 0.717) is 5.69 Å². The Labute approximate surface area is 112 Å². The number of aromatic nitrogens is 1. The van der Waals surface area contributed by atoms with Gasteiger partial charge in [0.2, 0.25) is 0 Å². The lowest BCUT2D eigenvalue weighted by Crippen LogP contribution is -2.50. The lowest BCUT2D eigenvalue weighted by atomic mass is 10.1. The second-order valence-corrected chi connectivity index (χ2v) is 5.33. The van der Waals surface area contributed by atoms with Crippen LogP contribution in [0.25, 0.3) is 0 Å². The van der Waals surface area contributed by atoms with E-state index < -0.39 is 17.5 Å². The maximum absolute atomic E-state index is 12.1. The first-order valence-corrected chi connectivity index (χ1v) is 5.92. The van der Waals surface area contributed by atoms with E-state index in [9.17, 15) is 9.59 Å². The Bertz CT molecular complexity index is 480. The third-order valence-corrected chi connectivity index (χ3v) is 2.47. The number of amides is 2. The predicted molar refractivity (Wildman–Crippen MR) is 72.1 cm³/mol. The smallest absolute Gasteiger partial charge is 0.323 e. The number of hydrogen-bond acceptors (Lipinski definition) is 3. The van der Waals surface area contributed by atoms with Gasteiger partial charge in [0, 0.05) is 11.7 Å². The summed E-state index contributed by atoms with van der Waals surface area (Å²) in [7, 11) is 0. The molecule has 6 nitrogen and oxygen atoms in total. The first-order chi connectivity index (χ1) is 8.70. The number of carbonyl (C=O) groups is 2. The second kappa shape index (κ2) is 5.69. The highest BCUT2D eigenvalue weighted by molar-refractivity contribution is 5.91. The van der Waals surface area contributed by atoms with E-state index in [-0.39, 0.29) is 6.54 Å². The van der Waals surface area contributed by atoms with Crippen molar-refractivity contribution in [3.63, 3.8) is 0 Å². The minimum absolute atomic E-state index is 0.353. The van der Waals surface area contributed by atoms with Crippen molar-refractivity contribution < 1.29 is 14.7 Å². The first kappa shape index (κ1) is 14.9. The third kappa shape index (κ3) is 4.57. The summed E-state index contributed by atoms with van der Waals surface area (Å²) in [6, 6.07) is 1.31. The molecule has 2 N–H and O–H groups in total. The number of aryl methyl sites for hydroxylation is 1. The maximum atomic E-state index is 12.1. The largest absolute Gasteiger partial charge is 0.480 e. The minimum Gasteiger partial charge on any atom is -0.480 e. The van der Waals surface area contributed by atoms with E-state index in [1.165, 1.54) is 11.1 Å². The fourth-order valence-electron chi connectivity index (χ4n) is 1.56. The highest BCUT2D eigenvalue weighted by Gasteiger charge is 2.28. The van der Waals surface area contributed by atoms with Crippen LogP contribution in [-0.4, -0.2) is 39.1 Å². The van der Waals surface area contributed by atoms with Crippen molar-refractivity contribution in [2.24, 2.45) is 0 Å². The van der Waals surface area contributed by atoms with Crippen molar-refractivity contribution >= 4 is 17.7 Å². The minimum atomic E-state index is -1.05. The summed E-state index contributed by atoms with van der Waals surface area (Å²) < 4.78 is 0. The van der Waals surface area contributed by atoms with Gasteiger partial charge in [-0.15, -0.1) is 0 Å². The van der Waals surface area contributed by atoms with Crippen LogP contribution in [0.4, 0.5) is 10.5 Å². The van der Waals surface area contributed by atoms with E-state index >= 15 is 0 Å². The molecule has 1 aromatic rings. The van der Waals surface area contributed by atoms with E-state index in [1.54, 1.807) is 33.0 Å². The van der Waals surface area contributed by atoms with Gasteiger partial charge in [0.1, 0.15) is 6.54 Å². The number of carboxylic acid groups (broad SMARTS) is 1. The lowest BCUT2D eigenvalue weighted by molar-refractivity contribution is -0.138. The maximum Gasteiger partial charge on any atom is 0.323 e. The highest BCUT2D eigenvalue weighted by atomic mass is 16.4. The molecule has 0 saturated carbocycles. The molecule has 0 unspecified atom stereocenters. The topological polar surface area (TPSA) is 82.5 Å². The van der Waals surface area contributed by atoms with Gasteiger partial charge in [-0.1, -0.05) is 0 Å². The number of urea groups is 1. The zero-order valence-corrected chi connectivity index (χ0v) is 11.6. The van der Waals surface area contributed by atoms with Crippen LogP contribution in [-0.2, 0) is 4.79 Å². The van der Waals surface area contributed by atoms with Crippen LogP contribution in [0.2, 0.25) is 0 Å². The second-order valence-electron chi connectivity index (χ2n) is 5.33. The number of pyridine rings is 1. The molecule has 1 aromatic heterocycles. The summed E-state index contributed by atoms with van der Waals surface area (Å²) in [6.45, 7) is 6.86. The molecular weight excluding hydrogens is 246 g/mol. The van der Waals surface area contributed by atoms with Gasteiger partial charge < -0.3 is 15.3 Å². The van der Waals surface area contributed by atoms with Gasteiger partial charge in [0.25, 0.3) is 0 Å². The number of anilines is 1. The number of aliphatic carboxylic acids is 1. The fraction of sp³-hybridized carbons (Fsp3) is 0.462. The molecule has 0 fully saturated rings. The Hall–Kier alpha value is -2.11. The van der Waals surface area contributed by atoms with Crippen LogP contribution in [0, 0.1) is 6.92 Å². The molecular formula is C13H19N3O3. The average molecular weight is 265 g/mol. The summed E-state index contributed by atoms with van der Waals surface area (Å²) in [6.07, 6.45) is 3.20. The number of hydrogen-bond donors (Lipinski definition) is 2. The number of carboxylic acids is 1. The number of rotatable bonds is 3. The molecule has 2 amide bonds. The molecule has 19 heavy (non-hydrogen) atoms. The fourth-order valence-corrected chi connectivity index (χ4v) is 1.56. The Morgan fingerprint density at radius 1 is 1.37 bits per heavy atom. The summed E-state index contributed by atoms with van der Waals surface area (Å²) in [5.74, 6) is -1.05. The van der Waals surface area contributed by atoms with Crippen LogP contribution in [0.1, 0.15) is 26.3 Å². The van der Waals surface area contributed by atoms with E-state index in [4.69, 9.17) is 5.11 Å². The Morgan fingerprint density at radius 3 is 2.47 bits per heavy atom. The lowest BCUT2D eigenvalue weighted by Gasteiger charge is -2.34. The van der Waals surface area contributed by atoms with Gasteiger partial charge in [-0.3, -0.25) is 9.78 Å². The number of nitrogens with zero attached hydrogens (tertiary/aromatic N) is 2. The van der Waals surface area contributed by atoms with Gasteiger partial charge in [0.15, 0.2) is 0 Å². The molecule has 0 spiro atoms. The van der Waals surface area contributed by atoms with Gasteiger partial charge in [-0.05, 0) is 39.3 Å². The normalized spacial score (nSPS) is 10.9. The van der Waals surface area contributed by atoms with Gasteiger partial charge >= 0.3 is 12.0 Å². The number of nitrogens with one attached hydrogen (secondary N) is 1. The molecule has 1 rings (SSSR count). The van der Waals surface area contributed by atoms with Crippen molar-refractivity contribution in [1.29, 1.82) is 0 Å². The van der Waals surface area contributed by atoms with Crippen molar-refractivity contribution in [1.82, 2.24) is 9.88 Å². The van der Waals surface area contributed by atoms with Crippen molar-refractivity contribution in [3.05, 3.63) is 24.0 Å². The summed E-state index contributed by atoms with van der Waals surface area (Å²) >= 11 is 0. The van der Waals surface area contributed by atoms with E-state index in [1.807, 2.05) is 6.92 Å². The molecule has 104 valence electrons. The highest BCUT2D eigenvalue weighted by Crippen LogP contribution is 2.16. The van der Waals surface area contributed by atoms with Crippen LogP contribution in [0.15, 0.2) is 18.5 Å². The first-order valence-electron chi connectivity index (χ1n) is 5.92. The summed E-state index contributed by atoms with van der Waals surface area (Å²) in [5.41, 5.74) is 0.877. The van der Waals surface area contributed by atoms with Crippen LogP contribution >= 0.6 is 0 Å². The van der Waals surface area contributed by atoms with E-state index in [0.717, 1.165) is 5.56 Å². The van der Waals surface area contributed by atoms with Gasteiger partial charge in [-0.25, -0.2) is 4.79 Å². The molecule has 0 atom stereocenters. The molecule has 0 aliphatic rings. The molecule has 0 bridgehead atoms. The van der Waals surface area contributed by atoms with Crippen LogP contribution in [0.5, 0.6) is 0 Å². The average Bonchev–Trinajstić information content (AvgIpc) is 2.24. The van der Waals surface area contributed by atoms with E-state index in [2.05, 4.69) is 10.3 Å². The molecule has 0 aliphatic heterocycles. The standard InChI is InChI=1S/C13H19N3O3/c1-9-5-10(7-14-6-9)15-12(19)16(8-11(17)18)13(2,3)4/h5-7H,8H2,1-4H3,(H,15,19)(H,17,18). The number of carbonyl (C=O) groups excluding carboxylic acids is 1. The summed E-state index contributed by atoms with van der Waals surface area (Å²) in [4.78, 5) is 28.2. The molecule has 0 aliphatic carbocycles. The molecule has 0 saturated heterocycles. The molecule has 6 heteroatoms. The van der Waals surface area contributed by atoms with Gasteiger partial charge in [0.05, 0.1) is 11.9 Å². The zero-order valence-electron chi connectivity index (χ0n) is 11.6.